The average Bonchev–Trinajstić information content (AvgIpc) is 2.05. The number of carbonyl (C=O) groups is 2. The Bertz CT molecular complexity index is 220. The van der Waals surface area contributed by atoms with E-state index in [2.05, 4.69) is 10.1 Å². The lowest BCUT2D eigenvalue weighted by Gasteiger charge is -2.02. The van der Waals surface area contributed by atoms with E-state index in [0.717, 1.165) is 0 Å². The predicted octanol–water partition coefficient (Wildman–Crippen LogP) is -0.0305. The molecule has 72 valence electrons. The smallest absolute Gasteiger partial charge is 0.307 e. The number of esters is 1. The zero-order valence-corrected chi connectivity index (χ0v) is 7.50. The fraction of sp³-hybridized carbons (Fsp3) is 0.625. The highest BCUT2D eigenvalue weighted by Gasteiger charge is 2.03. The molecule has 0 aliphatic rings. The molecule has 0 aromatic heterocycles. The van der Waals surface area contributed by atoms with Crippen LogP contribution in [0.4, 0.5) is 0 Å². The Balaban J connectivity index is 3.40. The van der Waals surface area contributed by atoms with Crippen LogP contribution in [-0.2, 0) is 14.3 Å². The maximum absolute atomic E-state index is 10.7. The molecule has 0 saturated carbocycles. The number of ether oxygens (including phenoxy) is 1. The summed E-state index contributed by atoms with van der Waals surface area (Å²) in [6, 6.07) is 1.70. The minimum Gasteiger partial charge on any atom is -0.466 e. The molecular weight excluding hydrogens is 172 g/mol. The minimum atomic E-state index is -0.369. The lowest BCUT2D eigenvalue weighted by atomic mass is 10.4. The second-order valence-electron chi connectivity index (χ2n) is 2.24. The van der Waals surface area contributed by atoms with E-state index in [1.54, 1.807) is 13.0 Å². The Morgan fingerprint density at radius 3 is 2.77 bits per heavy atom. The van der Waals surface area contributed by atoms with Crippen LogP contribution in [0.2, 0.25) is 0 Å². The van der Waals surface area contributed by atoms with Gasteiger partial charge in [0.1, 0.15) is 6.42 Å². The number of nitrogens with zero attached hydrogens (tertiary/aromatic N) is 1. The number of hydrogen-bond donors (Lipinski definition) is 1. The van der Waals surface area contributed by atoms with Crippen molar-refractivity contribution in [2.75, 3.05) is 13.2 Å². The van der Waals surface area contributed by atoms with Crippen molar-refractivity contribution in [2.45, 2.75) is 19.8 Å². The van der Waals surface area contributed by atoms with Crippen molar-refractivity contribution in [3.05, 3.63) is 0 Å². The van der Waals surface area contributed by atoms with Crippen LogP contribution >= 0.6 is 0 Å². The van der Waals surface area contributed by atoms with Crippen LogP contribution in [-0.4, -0.2) is 25.0 Å². The fourth-order valence-electron chi connectivity index (χ4n) is 0.671. The number of carbonyl (C=O) groups excluding carboxylic acids is 2. The quantitative estimate of drug-likeness (QED) is 0.608. The SMILES string of the molecule is CCOC(=O)CCNC(=O)CC#N. The molecule has 0 radical (unpaired) electrons. The second-order valence-corrected chi connectivity index (χ2v) is 2.24. The maximum Gasteiger partial charge on any atom is 0.307 e. The summed E-state index contributed by atoms with van der Waals surface area (Å²) < 4.78 is 4.63. The first-order valence-electron chi connectivity index (χ1n) is 4.00. The molecule has 0 bridgehead atoms. The Morgan fingerprint density at radius 1 is 1.54 bits per heavy atom. The molecule has 0 aromatic rings. The molecule has 0 aliphatic carbocycles. The summed E-state index contributed by atoms with van der Waals surface area (Å²) in [4.78, 5) is 21.4. The van der Waals surface area contributed by atoms with E-state index in [1.807, 2.05) is 0 Å². The average molecular weight is 184 g/mol. The van der Waals surface area contributed by atoms with Gasteiger partial charge in [-0.05, 0) is 6.92 Å². The zero-order valence-electron chi connectivity index (χ0n) is 7.50. The highest BCUT2D eigenvalue weighted by molar-refractivity contribution is 5.78. The predicted molar refractivity (Wildman–Crippen MR) is 44.5 cm³/mol. The van der Waals surface area contributed by atoms with Gasteiger partial charge in [0.15, 0.2) is 0 Å². The molecule has 0 rings (SSSR count). The van der Waals surface area contributed by atoms with Gasteiger partial charge in [-0.25, -0.2) is 0 Å². The third kappa shape index (κ3) is 6.81. The van der Waals surface area contributed by atoms with Crippen LogP contribution < -0.4 is 5.32 Å². The first-order chi connectivity index (χ1) is 6.20. The van der Waals surface area contributed by atoms with E-state index < -0.39 is 0 Å². The van der Waals surface area contributed by atoms with E-state index in [1.165, 1.54) is 0 Å². The van der Waals surface area contributed by atoms with Gasteiger partial charge in [-0.1, -0.05) is 0 Å². The van der Waals surface area contributed by atoms with Gasteiger partial charge in [-0.3, -0.25) is 9.59 Å². The van der Waals surface area contributed by atoms with Gasteiger partial charge in [-0.2, -0.15) is 5.26 Å². The molecule has 1 amide bonds. The number of hydrogen-bond acceptors (Lipinski definition) is 4. The van der Waals surface area contributed by atoms with E-state index in [-0.39, 0.29) is 31.3 Å². The van der Waals surface area contributed by atoms with Gasteiger partial charge in [0, 0.05) is 6.54 Å². The Morgan fingerprint density at radius 2 is 2.23 bits per heavy atom. The molecule has 0 aliphatic heterocycles. The summed E-state index contributed by atoms with van der Waals surface area (Å²) in [5.74, 6) is -0.716. The third-order valence-corrected chi connectivity index (χ3v) is 1.20. The minimum absolute atomic E-state index is 0.144. The summed E-state index contributed by atoms with van der Waals surface area (Å²) in [5.41, 5.74) is 0. The summed E-state index contributed by atoms with van der Waals surface area (Å²) in [5, 5.41) is 10.5. The van der Waals surface area contributed by atoms with Crippen molar-refractivity contribution in [2.24, 2.45) is 0 Å². The molecule has 0 unspecified atom stereocenters. The van der Waals surface area contributed by atoms with Crippen LogP contribution in [0.5, 0.6) is 0 Å². The number of amides is 1. The number of nitriles is 1. The highest BCUT2D eigenvalue weighted by Crippen LogP contribution is 1.84. The highest BCUT2D eigenvalue weighted by atomic mass is 16.5. The van der Waals surface area contributed by atoms with Crippen LogP contribution in [0, 0.1) is 11.3 Å². The van der Waals surface area contributed by atoms with E-state index in [4.69, 9.17) is 5.26 Å². The first-order valence-corrected chi connectivity index (χ1v) is 4.00. The van der Waals surface area contributed by atoms with E-state index >= 15 is 0 Å². The number of rotatable bonds is 5. The molecular formula is C8H12N2O3. The summed E-state index contributed by atoms with van der Waals surface area (Å²) in [7, 11) is 0. The summed E-state index contributed by atoms with van der Waals surface area (Å²) in [6.45, 7) is 2.27. The van der Waals surface area contributed by atoms with E-state index in [9.17, 15) is 9.59 Å². The standard InChI is InChI=1S/C8H12N2O3/c1-2-13-8(12)4-6-10-7(11)3-5-9/h2-4,6H2,1H3,(H,10,11). The topological polar surface area (TPSA) is 79.2 Å². The van der Waals surface area contributed by atoms with Crippen LogP contribution in [0.1, 0.15) is 19.8 Å². The van der Waals surface area contributed by atoms with Crippen molar-refractivity contribution in [3.8, 4) is 6.07 Å². The van der Waals surface area contributed by atoms with Crippen molar-refractivity contribution >= 4 is 11.9 Å². The molecule has 0 saturated heterocycles. The molecule has 0 fully saturated rings. The molecule has 0 atom stereocenters. The molecule has 5 heteroatoms. The van der Waals surface area contributed by atoms with Crippen molar-refractivity contribution in [1.29, 1.82) is 5.26 Å². The lowest BCUT2D eigenvalue weighted by molar-refractivity contribution is -0.143. The lowest BCUT2D eigenvalue weighted by Crippen LogP contribution is -2.25. The largest absolute Gasteiger partial charge is 0.466 e. The molecule has 1 N–H and O–H groups in total. The molecule has 13 heavy (non-hydrogen) atoms. The van der Waals surface area contributed by atoms with Crippen molar-refractivity contribution in [1.82, 2.24) is 5.32 Å². The van der Waals surface area contributed by atoms with E-state index in [0.29, 0.717) is 6.61 Å². The van der Waals surface area contributed by atoms with Gasteiger partial charge in [0.2, 0.25) is 5.91 Å². The molecule has 0 spiro atoms. The van der Waals surface area contributed by atoms with Crippen LogP contribution in [0.25, 0.3) is 0 Å². The number of nitrogens with one attached hydrogen (secondary N) is 1. The molecule has 0 heterocycles. The second kappa shape index (κ2) is 7.10. The molecule has 5 nitrogen and oxygen atoms in total. The van der Waals surface area contributed by atoms with Crippen molar-refractivity contribution < 1.29 is 14.3 Å². The first kappa shape index (κ1) is 11.4. The van der Waals surface area contributed by atoms with Gasteiger partial charge < -0.3 is 10.1 Å². The van der Waals surface area contributed by atoms with Crippen LogP contribution in [0.15, 0.2) is 0 Å². The van der Waals surface area contributed by atoms with Gasteiger partial charge in [0.05, 0.1) is 19.1 Å². The Labute approximate surface area is 76.7 Å². The monoisotopic (exact) mass is 184 g/mol. The van der Waals surface area contributed by atoms with Gasteiger partial charge >= 0.3 is 5.97 Å². The third-order valence-electron chi connectivity index (χ3n) is 1.20. The zero-order chi connectivity index (χ0) is 10.1. The molecule has 0 aromatic carbocycles. The maximum atomic E-state index is 10.7. The Kier molecular flexibility index (Phi) is 6.24. The van der Waals surface area contributed by atoms with Gasteiger partial charge in [0.25, 0.3) is 0 Å². The Hall–Kier alpha value is -1.57. The summed E-state index contributed by atoms with van der Waals surface area (Å²) >= 11 is 0. The van der Waals surface area contributed by atoms with Crippen LogP contribution in [0.3, 0.4) is 0 Å². The summed E-state index contributed by atoms with van der Waals surface area (Å²) in [6.07, 6.45) is -0.0339. The van der Waals surface area contributed by atoms with Gasteiger partial charge in [-0.15, -0.1) is 0 Å². The van der Waals surface area contributed by atoms with Crippen molar-refractivity contribution in [3.63, 3.8) is 0 Å². The fourth-order valence-corrected chi connectivity index (χ4v) is 0.671. The normalized spacial score (nSPS) is 8.62.